The highest BCUT2D eigenvalue weighted by Crippen LogP contribution is 2.39. The van der Waals surface area contributed by atoms with Gasteiger partial charge in [0.25, 0.3) is 0 Å². The lowest BCUT2D eigenvalue weighted by Crippen LogP contribution is -2.19. The Kier molecular flexibility index (Phi) is 11.8. The Hall–Kier alpha value is -6.23. The lowest BCUT2D eigenvalue weighted by molar-refractivity contribution is 0.104. The summed E-state index contributed by atoms with van der Waals surface area (Å²) in [4.78, 5) is 38.4. The number of urea groups is 1. The molecule has 4 rings (SSSR count). The maximum atomic E-state index is 12.9. The molecule has 0 aliphatic rings. The molecule has 11 heteroatoms. The molecule has 0 saturated heterocycles. The SMILES string of the molecule is COc1cc(/C=C/C(=O)c2ccc(NC(=O)Nc3cccc(C(=O)/C=C/c4cc(OC)c(OC)c(OC)c4)c3)cc2)cc(OC)c1OC. The third kappa shape index (κ3) is 8.52. The Morgan fingerprint density at radius 1 is 0.500 bits per heavy atom. The summed E-state index contributed by atoms with van der Waals surface area (Å²) in [5, 5.41) is 5.45. The quantitative estimate of drug-likeness (QED) is 0.107. The highest BCUT2D eigenvalue weighted by molar-refractivity contribution is 6.09. The summed E-state index contributed by atoms with van der Waals surface area (Å²) >= 11 is 0. The molecule has 0 bridgehead atoms. The molecule has 0 aliphatic heterocycles. The predicted octanol–water partition coefficient (Wildman–Crippen LogP) is 7.17. The van der Waals surface area contributed by atoms with Crippen LogP contribution in [-0.2, 0) is 0 Å². The van der Waals surface area contributed by atoms with E-state index in [4.69, 9.17) is 28.4 Å². The third-order valence-corrected chi connectivity index (χ3v) is 7.06. The Morgan fingerprint density at radius 2 is 0.938 bits per heavy atom. The van der Waals surface area contributed by atoms with Gasteiger partial charge in [-0.05, 0) is 83.9 Å². The highest BCUT2D eigenvalue weighted by atomic mass is 16.5. The molecule has 0 aromatic heterocycles. The van der Waals surface area contributed by atoms with E-state index in [9.17, 15) is 14.4 Å². The maximum absolute atomic E-state index is 12.9. The zero-order valence-corrected chi connectivity index (χ0v) is 27.4. The number of amides is 2. The fourth-order valence-corrected chi connectivity index (χ4v) is 4.69. The first-order valence-electron chi connectivity index (χ1n) is 14.6. The van der Waals surface area contributed by atoms with Gasteiger partial charge < -0.3 is 39.1 Å². The van der Waals surface area contributed by atoms with Crippen molar-refractivity contribution in [2.75, 3.05) is 53.3 Å². The van der Waals surface area contributed by atoms with Crippen molar-refractivity contribution in [2.24, 2.45) is 0 Å². The van der Waals surface area contributed by atoms with Gasteiger partial charge in [0, 0.05) is 22.5 Å². The Balaban J connectivity index is 1.37. The summed E-state index contributed by atoms with van der Waals surface area (Å²) < 4.78 is 32.1. The van der Waals surface area contributed by atoms with Gasteiger partial charge in [-0.15, -0.1) is 0 Å². The molecular formula is C37H36N2O9. The smallest absolute Gasteiger partial charge is 0.323 e. The second-order valence-corrected chi connectivity index (χ2v) is 10.0. The summed E-state index contributed by atoms with van der Waals surface area (Å²) in [5.41, 5.74) is 3.05. The molecule has 0 atom stereocenters. The molecule has 4 aromatic carbocycles. The van der Waals surface area contributed by atoms with Crippen LogP contribution in [0.2, 0.25) is 0 Å². The van der Waals surface area contributed by atoms with Gasteiger partial charge in [-0.25, -0.2) is 4.79 Å². The first-order valence-corrected chi connectivity index (χ1v) is 14.6. The average Bonchev–Trinajstić information content (AvgIpc) is 3.11. The largest absolute Gasteiger partial charge is 0.493 e. The monoisotopic (exact) mass is 652 g/mol. The van der Waals surface area contributed by atoms with E-state index in [2.05, 4.69) is 10.6 Å². The van der Waals surface area contributed by atoms with Crippen molar-refractivity contribution in [1.82, 2.24) is 0 Å². The van der Waals surface area contributed by atoms with Crippen LogP contribution in [0.15, 0.2) is 84.9 Å². The van der Waals surface area contributed by atoms with Crippen LogP contribution in [0.3, 0.4) is 0 Å². The molecule has 11 nitrogen and oxygen atoms in total. The number of anilines is 2. The number of methoxy groups -OCH3 is 6. The average molecular weight is 653 g/mol. The van der Waals surface area contributed by atoms with Gasteiger partial charge in [0.05, 0.1) is 42.7 Å². The lowest BCUT2D eigenvalue weighted by atomic mass is 10.1. The number of allylic oxidation sites excluding steroid dienone is 2. The number of hydrogen-bond acceptors (Lipinski definition) is 9. The first kappa shape index (κ1) is 34.6. The van der Waals surface area contributed by atoms with E-state index >= 15 is 0 Å². The first-order chi connectivity index (χ1) is 23.2. The number of ether oxygens (including phenoxy) is 6. The van der Waals surface area contributed by atoms with Crippen LogP contribution >= 0.6 is 0 Å². The van der Waals surface area contributed by atoms with Gasteiger partial charge in [-0.1, -0.05) is 24.3 Å². The molecule has 2 amide bonds. The van der Waals surface area contributed by atoms with Crippen molar-refractivity contribution in [3.63, 3.8) is 0 Å². The van der Waals surface area contributed by atoms with E-state index in [1.807, 2.05) is 0 Å². The topological polar surface area (TPSA) is 131 Å². The van der Waals surface area contributed by atoms with Gasteiger partial charge in [0.2, 0.25) is 11.5 Å². The molecule has 0 aliphatic carbocycles. The second-order valence-electron chi connectivity index (χ2n) is 10.0. The van der Waals surface area contributed by atoms with E-state index in [1.165, 1.54) is 54.8 Å². The Bertz CT molecular complexity index is 1800. The minimum Gasteiger partial charge on any atom is -0.493 e. The minimum atomic E-state index is -0.520. The Morgan fingerprint density at radius 3 is 1.38 bits per heavy atom. The van der Waals surface area contributed by atoms with Gasteiger partial charge in [0.1, 0.15) is 0 Å². The number of benzene rings is 4. The fraction of sp³-hybridized carbons (Fsp3) is 0.162. The number of carbonyl (C=O) groups is 3. The van der Waals surface area contributed by atoms with Gasteiger partial charge in [-0.3, -0.25) is 9.59 Å². The highest BCUT2D eigenvalue weighted by Gasteiger charge is 2.14. The van der Waals surface area contributed by atoms with Crippen LogP contribution in [-0.4, -0.2) is 60.3 Å². The van der Waals surface area contributed by atoms with E-state index in [0.29, 0.717) is 68.1 Å². The zero-order valence-electron chi connectivity index (χ0n) is 27.4. The van der Waals surface area contributed by atoms with Crippen LogP contribution in [0.1, 0.15) is 31.8 Å². The number of nitrogens with one attached hydrogen (secondary N) is 2. The van der Waals surface area contributed by atoms with Crippen molar-refractivity contribution in [1.29, 1.82) is 0 Å². The molecule has 0 spiro atoms. The van der Waals surface area contributed by atoms with Gasteiger partial charge >= 0.3 is 6.03 Å². The summed E-state index contributed by atoms with van der Waals surface area (Å²) in [6.07, 6.45) is 6.14. The zero-order chi connectivity index (χ0) is 34.6. The molecule has 0 fully saturated rings. The normalized spacial score (nSPS) is 10.8. The van der Waals surface area contributed by atoms with E-state index in [-0.39, 0.29) is 11.6 Å². The van der Waals surface area contributed by atoms with Crippen LogP contribution in [0.5, 0.6) is 34.5 Å². The van der Waals surface area contributed by atoms with Gasteiger partial charge in [0.15, 0.2) is 34.6 Å². The lowest BCUT2D eigenvalue weighted by Gasteiger charge is -2.12. The molecule has 2 N–H and O–H groups in total. The summed E-state index contributed by atoms with van der Waals surface area (Å²) in [6.45, 7) is 0. The van der Waals surface area contributed by atoms with Crippen molar-refractivity contribution < 1.29 is 42.8 Å². The van der Waals surface area contributed by atoms with Crippen molar-refractivity contribution in [3.05, 3.63) is 107 Å². The van der Waals surface area contributed by atoms with Crippen LogP contribution in [0, 0.1) is 0 Å². The minimum absolute atomic E-state index is 0.236. The molecule has 0 heterocycles. The predicted molar refractivity (Wildman–Crippen MR) is 184 cm³/mol. The van der Waals surface area contributed by atoms with Crippen LogP contribution < -0.4 is 39.1 Å². The van der Waals surface area contributed by atoms with Crippen LogP contribution in [0.4, 0.5) is 16.2 Å². The summed E-state index contributed by atoms with van der Waals surface area (Å²) in [5.74, 6) is 2.27. The Labute approximate surface area is 278 Å². The molecule has 0 unspecified atom stereocenters. The number of hydrogen-bond donors (Lipinski definition) is 2. The molecule has 4 aromatic rings. The number of rotatable bonds is 14. The summed E-state index contributed by atoms with van der Waals surface area (Å²) in [7, 11) is 9.10. The third-order valence-electron chi connectivity index (χ3n) is 7.06. The van der Waals surface area contributed by atoms with Gasteiger partial charge in [-0.2, -0.15) is 0 Å². The van der Waals surface area contributed by atoms with E-state index < -0.39 is 6.03 Å². The van der Waals surface area contributed by atoms with Crippen molar-refractivity contribution >= 4 is 41.1 Å². The molecular weight excluding hydrogens is 616 g/mol. The van der Waals surface area contributed by atoms with Crippen molar-refractivity contribution in [2.45, 2.75) is 0 Å². The molecule has 248 valence electrons. The maximum Gasteiger partial charge on any atom is 0.323 e. The molecule has 48 heavy (non-hydrogen) atoms. The van der Waals surface area contributed by atoms with Crippen molar-refractivity contribution in [3.8, 4) is 34.5 Å². The fourth-order valence-electron chi connectivity index (χ4n) is 4.69. The second kappa shape index (κ2) is 16.4. The molecule has 0 radical (unpaired) electrons. The number of carbonyl (C=O) groups excluding carboxylic acids is 3. The van der Waals surface area contributed by atoms with E-state index in [0.717, 1.165) is 0 Å². The molecule has 0 saturated carbocycles. The number of ketones is 2. The standard InChI is InChI=1S/C37H36N2O9/c1-43-31-18-23(19-32(44-2)35(31)47-5)10-16-29(40)25-12-14-27(15-13-25)38-37(42)39-28-9-7-8-26(22-28)30(41)17-11-24-20-33(45-3)36(48-6)34(21-24)46-4/h7-22H,1-6H3,(H2,38,39,42)/b16-10+,17-11+. The summed E-state index contributed by atoms with van der Waals surface area (Å²) in [6, 6.07) is 19.4. The van der Waals surface area contributed by atoms with Crippen LogP contribution in [0.25, 0.3) is 12.2 Å². The van der Waals surface area contributed by atoms with E-state index in [1.54, 1.807) is 84.9 Å².